The molecule has 2 atom stereocenters. The van der Waals surface area contributed by atoms with Gasteiger partial charge in [-0.2, -0.15) is 0 Å². The molecule has 2 aliphatic heterocycles. The van der Waals surface area contributed by atoms with Crippen molar-refractivity contribution in [1.29, 1.82) is 0 Å². The molecule has 5 heteroatoms. The molecule has 0 radical (unpaired) electrons. The summed E-state index contributed by atoms with van der Waals surface area (Å²) < 4.78 is 5.63. The highest BCUT2D eigenvalue weighted by atomic mass is 16.5. The number of carbonyl (C=O) groups excluding carboxylic acids is 1. The van der Waals surface area contributed by atoms with Crippen molar-refractivity contribution in [2.24, 2.45) is 5.92 Å². The van der Waals surface area contributed by atoms with Crippen molar-refractivity contribution in [3.8, 4) is 5.75 Å². The van der Waals surface area contributed by atoms with Gasteiger partial charge in [0.25, 0.3) is 0 Å². The van der Waals surface area contributed by atoms with Crippen LogP contribution in [0.4, 0.5) is 0 Å². The second-order valence-corrected chi connectivity index (χ2v) is 7.30. The van der Waals surface area contributed by atoms with Crippen LogP contribution >= 0.6 is 0 Å². The van der Waals surface area contributed by atoms with Crippen molar-refractivity contribution >= 4 is 5.91 Å². The first-order chi connectivity index (χ1) is 12.7. The van der Waals surface area contributed by atoms with E-state index in [4.69, 9.17) is 9.84 Å². The summed E-state index contributed by atoms with van der Waals surface area (Å²) in [5.41, 5.74) is 1.26. The number of fused-ring (bicyclic) bond motifs is 1. The van der Waals surface area contributed by atoms with Crippen molar-refractivity contribution in [3.63, 3.8) is 0 Å². The summed E-state index contributed by atoms with van der Waals surface area (Å²) in [7, 11) is 0. The summed E-state index contributed by atoms with van der Waals surface area (Å²) in [6, 6.07) is 8.61. The third kappa shape index (κ3) is 4.65. The Bertz CT molecular complexity index is 619. The molecule has 2 saturated heterocycles. The molecule has 3 rings (SSSR count). The predicted octanol–water partition coefficient (Wildman–Crippen LogP) is 2.45. The van der Waals surface area contributed by atoms with Crippen LogP contribution in [0.5, 0.6) is 5.75 Å². The van der Waals surface area contributed by atoms with Gasteiger partial charge in [-0.15, -0.1) is 0 Å². The lowest BCUT2D eigenvalue weighted by Gasteiger charge is -2.47. The van der Waals surface area contributed by atoms with E-state index in [1.807, 2.05) is 17.0 Å². The van der Waals surface area contributed by atoms with Gasteiger partial charge in [-0.3, -0.25) is 9.69 Å². The van der Waals surface area contributed by atoms with Crippen molar-refractivity contribution in [3.05, 3.63) is 42.5 Å². The van der Waals surface area contributed by atoms with Gasteiger partial charge in [0.1, 0.15) is 12.4 Å². The van der Waals surface area contributed by atoms with Crippen molar-refractivity contribution in [2.75, 3.05) is 32.8 Å². The quantitative estimate of drug-likeness (QED) is 0.725. The number of piperidine rings is 2. The predicted molar refractivity (Wildman–Crippen MR) is 102 cm³/mol. The molecule has 2 aliphatic rings. The zero-order valence-corrected chi connectivity index (χ0v) is 15.5. The summed E-state index contributed by atoms with van der Waals surface area (Å²) in [6.07, 6.45) is 5.08. The molecule has 1 aromatic carbocycles. The fourth-order valence-electron chi connectivity index (χ4n) is 4.25. The highest BCUT2D eigenvalue weighted by molar-refractivity contribution is 5.77. The maximum Gasteiger partial charge on any atom is 0.222 e. The van der Waals surface area contributed by atoms with E-state index in [1.54, 1.807) is 6.08 Å². The number of benzene rings is 1. The number of hydrogen-bond acceptors (Lipinski definition) is 4. The Morgan fingerprint density at radius 3 is 3.04 bits per heavy atom. The van der Waals surface area contributed by atoms with Gasteiger partial charge in [0.05, 0.1) is 0 Å². The number of likely N-dealkylation sites (tertiary alicyclic amines) is 2. The number of amides is 1. The van der Waals surface area contributed by atoms with Crippen LogP contribution < -0.4 is 4.74 Å². The van der Waals surface area contributed by atoms with Crippen LogP contribution in [-0.2, 0) is 11.3 Å². The zero-order valence-electron chi connectivity index (χ0n) is 15.5. The molecule has 5 nitrogen and oxygen atoms in total. The summed E-state index contributed by atoms with van der Waals surface area (Å²) >= 11 is 0. The highest BCUT2D eigenvalue weighted by Crippen LogP contribution is 2.32. The number of ether oxygens (including phenoxy) is 1. The lowest BCUT2D eigenvalue weighted by Crippen LogP contribution is -2.56. The van der Waals surface area contributed by atoms with Gasteiger partial charge < -0.3 is 14.7 Å². The minimum Gasteiger partial charge on any atom is -0.490 e. The van der Waals surface area contributed by atoms with E-state index in [1.165, 1.54) is 5.56 Å². The number of hydrogen-bond donors (Lipinski definition) is 1. The lowest BCUT2D eigenvalue weighted by atomic mass is 9.83. The van der Waals surface area contributed by atoms with Crippen molar-refractivity contribution < 1.29 is 14.6 Å². The van der Waals surface area contributed by atoms with Crippen LogP contribution in [0.2, 0.25) is 0 Å². The molecule has 0 spiro atoms. The molecule has 0 saturated carbocycles. The maximum atomic E-state index is 12.3. The van der Waals surface area contributed by atoms with Crippen LogP contribution in [0.1, 0.15) is 31.2 Å². The minimum absolute atomic E-state index is 0.150. The van der Waals surface area contributed by atoms with Crippen LogP contribution in [0.25, 0.3) is 0 Å². The third-order valence-corrected chi connectivity index (χ3v) is 5.46. The van der Waals surface area contributed by atoms with E-state index in [0.29, 0.717) is 38.0 Å². The average molecular weight is 358 g/mol. The fourth-order valence-corrected chi connectivity index (χ4v) is 4.25. The number of carbonyl (C=O) groups is 1. The summed E-state index contributed by atoms with van der Waals surface area (Å²) in [4.78, 5) is 16.8. The Morgan fingerprint density at radius 1 is 1.35 bits per heavy atom. The first-order valence-electron chi connectivity index (χ1n) is 9.66. The molecule has 0 aromatic heterocycles. The molecule has 2 fully saturated rings. The van der Waals surface area contributed by atoms with E-state index in [2.05, 4.69) is 23.6 Å². The summed E-state index contributed by atoms with van der Waals surface area (Å²) in [6.45, 7) is 8.00. The standard InChI is InChI=1S/C21H30N2O3/c1-2-13-26-19-6-3-5-17(14-19)15-22-11-9-20-18(16-22)7-8-21(25)23(20)10-4-12-24/h2-3,5-6,14,18,20,24H,1,4,7-13,15-16H2/t18-,20+/m0/s1. The van der Waals surface area contributed by atoms with Gasteiger partial charge >= 0.3 is 0 Å². The Kier molecular flexibility index (Phi) is 6.69. The molecule has 1 amide bonds. The smallest absolute Gasteiger partial charge is 0.222 e. The topological polar surface area (TPSA) is 53.0 Å². The Morgan fingerprint density at radius 2 is 2.23 bits per heavy atom. The minimum atomic E-state index is 0.150. The highest BCUT2D eigenvalue weighted by Gasteiger charge is 2.38. The van der Waals surface area contributed by atoms with E-state index in [9.17, 15) is 4.79 Å². The molecule has 1 N–H and O–H groups in total. The second kappa shape index (κ2) is 9.19. The summed E-state index contributed by atoms with van der Waals surface area (Å²) in [5.74, 6) is 1.69. The Balaban J connectivity index is 1.58. The van der Waals surface area contributed by atoms with Crippen molar-refractivity contribution in [1.82, 2.24) is 9.80 Å². The third-order valence-electron chi connectivity index (χ3n) is 5.46. The molecule has 0 aliphatic carbocycles. The monoisotopic (exact) mass is 358 g/mol. The molecule has 0 unspecified atom stereocenters. The molecule has 142 valence electrons. The number of rotatable bonds is 8. The van der Waals surface area contributed by atoms with Gasteiger partial charge in [-0.05, 0) is 42.9 Å². The largest absolute Gasteiger partial charge is 0.490 e. The van der Waals surface area contributed by atoms with E-state index >= 15 is 0 Å². The Hall–Kier alpha value is -1.85. The molecular weight excluding hydrogens is 328 g/mol. The SMILES string of the molecule is C=CCOc1cccc(CN2CC[C@@H]3[C@@H](CCC(=O)N3CCCO)C2)c1. The average Bonchev–Trinajstić information content (AvgIpc) is 2.66. The molecule has 26 heavy (non-hydrogen) atoms. The van der Waals surface area contributed by atoms with Gasteiger partial charge in [-0.1, -0.05) is 24.8 Å². The van der Waals surface area contributed by atoms with Gasteiger partial charge in [-0.25, -0.2) is 0 Å². The fraction of sp³-hybridized carbons (Fsp3) is 0.571. The lowest BCUT2D eigenvalue weighted by molar-refractivity contribution is -0.141. The van der Waals surface area contributed by atoms with Crippen LogP contribution in [0, 0.1) is 5.92 Å². The molecular formula is C21H30N2O3. The number of aliphatic hydroxyl groups excluding tert-OH is 1. The Labute approximate surface area is 156 Å². The first kappa shape index (κ1) is 18.9. The first-order valence-corrected chi connectivity index (χ1v) is 9.66. The van der Waals surface area contributed by atoms with Crippen LogP contribution in [-0.4, -0.2) is 59.7 Å². The summed E-state index contributed by atoms with van der Waals surface area (Å²) in [5, 5.41) is 9.10. The molecule has 2 heterocycles. The maximum absolute atomic E-state index is 12.3. The van der Waals surface area contributed by atoms with Gasteiger partial charge in [0.15, 0.2) is 0 Å². The van der Waals surface area contributed by atoms with Crippen LogP contribution in [0.15, 0.2) is 36.9 Å². The zero-order chi connectivity index (χ0) is 18.4. The van der Waals surface area contributed by atoms with E-state index in [0.717, 1.165) is 38.2 Å². The molecule has 0 bridgehead atoms. The van der Waals surface area contributed by atoms with Gasteiger partial charge in [0.2, 0.25) is 5.91 Å². The van der Waals surface area contributed by atoms with E-state index in [-0.39, 0.29) is 12.5 Å². The molecule has 1 aromatic rings. The number of aliphatic hydroxyl groups is 1. The van der Waals surface area contributed by atoms with E-state index < -0.39 is 0 Å². The van der Waals surface area contributed by atoms with Gasteiger partial charge in [0, 0.05) is 45.2 Å². The van der Waals surface area contributed by atoms with Crippen LogP contribution in [0.3, 0.4) is 0 Å². The second-order valence-electron chi connectivity index (χ2n) is 7.30. The van der Waals surface area contributed by atoms with Crippen molar-refractivity contribution in [2.45, 2.75) is 38.3 Å². The number of nitrogens with zero attached hydrogens (tertiary/aromatic N) is 2. The normalized spacial score (nSPS) is 23.6.